The van der Waals surface area contributed by atoms with Gasteiger partial charge in [-0.3, -0.25) is 14.1 Å². The normalized spacial score (nSPS) is 10.8. The fourth-order valence-electron chi connectivity index (χ4n) is 2.36. The summed E-state index contributed by atoms with van der Waals surface area (Å²) in [4.78, 5) is 26.6. The van der Waals surface area contributed by atoms with Crippen LogP contribution in [0, 0.1) is 0 Å². The predicted molar refractivity (Wildman–Crippen MR) is 99.8 cm³/mol. The Hall–Kier alpha value is -2.45. The summed E-state index contributed by atoms with van der Waals surface area (Å²) in [6, 6.07) is 7.30. The SMILES string of the molecule is C=CC(=O)N(CC)Cc1cccc(CN(CCS(=O)(=O)O)C(=O)C=C)c1. The molecule has 0 heterocycles. The third-order valence-electron chi connectivity index (χ3n) is 3.71. The van der Waals surface area contributed by atoms with Gasteiger partial charge in [0.1, 0.15) is 0 Å². The van der Waals surface area contributed by atoms with Gasteiger partial charge in [0.2, 0.25) is 11.8 Å². The Morgan fingerprint density at radius 3 is 2.04 bits per heavy atom. The first-order chi connectivity index (χ1) is 12.2. The van der Waals surface area contributed by atoms with Crippen LogP contribution in [-0.4, -0.2) is 53.4 Å². The van der Waals surface area contributed by atoms with Gasteiger partial charge in [0.25, 0.3) is 10.1 Å². The van der Waals surface area contributed by atoms with Crippen LogP contribution in [0.4, 0.5) is 0 Å². The lowest BCUT2D eigenvalue weighted by Gasteiger charge is -2.22. The monoisotopic (exact) mass is 380 g/mol. The summed E-state index contributed by atoms with van der Waals surface area (Å²) in [5.74, 6) is -1.16. The van der Waals surface area contributed by atoms with E-state index in [1.165, 1.54) is 11.0 Å². The molecule has 7 nitrogen and oxygen atoms in total. The minimum absolute atomic E-state index is 0.149. The van der Waals surface area contributed by atoms with Gasteiger partial charge in [0.15, 0.2) is 0 Å². The zero-order valence-corrected chi connectivity index (χ0v) is 15.6. The van der Waals surface area contributed by atoms with Crippen molar-refractivity contribution >= 4 is 21.9 Å². The van der Waals surface area contributed by atoms with Crippen molar-refractivity contribution in [1.82, 2.24) is 9.80 Å². The zero-order chi connectivity index (χ0) is 19.7. The van der Waals surface area contributed by atoms with Crippen molar-refractivity contribution in [2.24, 2.45) is 0 Å². The molecule has 0 bridgehead atoms. The average molecular weight is 380 g/mol. The average Bonchev–Trinajstić information content (AvgIpc) is 2.61. The molecule has 142 valence electrons. The van der Waals surface area contributed by atoms with Gasteiger partial charge in [-0.05, 0) is 30.2 Å². The van der Waals surface area contributed by atoms with E-state index in [2.05, 4.69) is 13.2 Å². The molecular weight excluding hydrogens is 356 g/mol. The van der Waals surface area contributed by atoms with Crippen LogP contribution in [-0.2, 0) is 32.8 Å². The maximum Gasteiger partial charge on any atom is 0.266 e. The number of benzene rings is 1. The first-order valence-electron chi connectivity index (χ1n) is 8.05. The predicted octanol–water partition coefficient (Wildman–Crippen LogP) is 1.62. The third-order valence-corrected chi connectivity index (χ3v) is 4.41. The fraction of sp³-hybridized carbons (Fsp3) is 0.333. The number of nitrogens with zero attached hydrogens (tertiary/aromatic N) is 2. The van der Waals surface area contributed by atoms with Gasteiger partial charge >= 0.3 is 0 Å². The molecule has 1 aromatic rings. The highest BCUT2D eigenvalue weighted by atomic mass is 32.2. The molecular formula is C18H24N2O5S. The summed E-state index contributed by atoms with van der Waals surface area (Å²) in [7, 11) is -4.17. The standard InChI is InChI=1S/C18H24N2O5S/c1-4-17(21)19(6-3)13-15-8-7-9-16(12-15)14-20(18(22)5-2)10-11-26(23,24)25/h4-5,7-9,12H,1-2,6,10-11,13-14H2,3H3,(H,23,24,25). The maximum absolute atomic E-state index is 11.9. The fourth-order valence-corrected chi connectivity index (χ4v) is 2.81. The molecule has 0 aliphatic heterocycles. The summed E-state index contributed by atoms with van der Waals surface area (Å²) in [5, 5.41) is 0. The molecule has 0 saturated carbocycles. The number of amides is 2. The Balaban J connectivity index is 2.92. The number of rotatable bonds is 10. The van der Waals surface area contributed by atoms with Crippen LogP contribution in [0.25, 0.3) is 0 Å². The second-order valence-corrected chi connectivity index (χ2v) is 7.20. The highest BCUT2D eigenvalue weighted by Gasteiger charge is 2.15. The van der Waals surface area contributed by atoms with E-state index in [0.717, 1.165) is 17.2 Å². The number of hydrogen-bond donors (Lipinski definition) is 1. The lowest BCUT2D eigenvalue weighted by atomic mass is 10.1. The molecule has 1 N–H and O–H groups in total. The largest absolute Gasteiger partial charge is 0.335 e. The topological polar surface area (TPSA) is 95.0 Å². The molecule has 0 aliphatic carbocycles. The van der Waals surface area contributed by atoms with E-state index < -0.39 is 21.8 Å². The summed E-state index contributed by atoms with van der Waals surface area (Å²) in [6.45, 7) is 9.70. The molecule has 0 unspecified atom stereocenters. The van der Waals surface area contributed by atoms with E-state index >= 15 is 0 Å². The van der Waals surface area contributed by atoms with Crippen molar-refractivity contribution in [2.75, 3.05) is 18.8 Å². The lowest BCUT2D eigenvalue weighted by Crippen LogP contribution is -2.33. The second-order valence-electron chi connectivity index (χ2n) is 5.63. The smallest absolute Gasteiger partial charge is 0.266 e. The minimum atomic E-state index is -4.17. The van der Waals surface area contributed by atoms with Crippen molar-refractivity contribution < 1.29 is 22.6 Å². The summed E-state index contributed by atoms with van der Waals surface area (Å²) >= 11 is 0. The van der Waals surface area contributed by atoms with Crippen molar-refractivity contribution in [3.63, 3.8) is 0 Å². The highest BCUT2D eigenvalue weighted by molar-refractivity contribution is 7.85. The summed E-state index contributed by atoms with van der Waals surface area (Å²) < 4.78 is 30.8. The molecule has 1 aromatic carbocycles. The van der Waals surface area contributed by atoms with Gasteiger partial charge < -0.3 is 9.80 Å². The van der Waals surface area contributed by atoms with Gasteiger partial charge in [0.05, 0.1) is 5.75 Å². The van der Waals surface area contributed by atoms with Crippen molar-refractivity contribution in [3.05, 3.63) is 60.7 Å². The molecule has 0 spiro atoms. The quantitative estimate of drug-likeness (QED) is 0.492. The van der Waals surface area contributed by atoms with Crippen molar-refractivity contribution in [3.8, 4) is 0 Å². The van der Waals surface area contributed by atoms with E-state index in [9.17, 15) is 18.0 Å². The van der Waals surface area contributed by atoms with Crippen LogP contribution in [0.3, 0.4) is 0 Å². The van der Waals surface area contributed by atoms with Crippen LogP contribution in [0.5, 0.6) is 0 Å². The van der Waals surface area contributed by atoms with Crippen LogP contribution < -0.4 is 0 Å². The Bertz CT molecular complexity index is 774. The van der Waals surface area contributed by atoms with E-state index in [4.69, 9.17) is 4.55 Å². The van der Waals surface area contributed by atoms with Crippen LogP contribution >= 0.6 is 0 Å². The van der Waals surface area contributed by atoms with Gasteiger partial charge in [0, 0.05) is 26.2 Å². The highest BCUT2D eigenvalue weighted by Crippen LogP contribution is 2.12. The number of carbonyl (C=O) groups excluding carboxylic acids is 2. The molecule has 0 atom stereocenters. The van der Waals surface area contributed by atoms with E-state index in [1.807, 2.05) is 19.1 Å². The molecule has 26 heavy (non-hydrogen) atoms. The van der Waals surface area contributed by atoms with Crippen molar-refractivity contribution in [2.45, 2.75) is 20.0 Å². The first-order valence-corrected chi connectivity index (χ1v) is 9.66. The van der Waals surface area contributed by atoms with Gasteiger partial charge in [-0.1, -0.05) is 37.4 Å². The van der Waals surface area contributed by atoms with Crippen LogP contribution in [0.2, 0.25) is 0 Å². The second kappa shape index (κ2) is 9.88. The molecule has 0 fully saturated rings. The third kappa shape index (κ3) is 7.20. The molecule has 8 heteroatoms. The Labute approximate surface area is 154 Å². The van der Waals surface area contributed by atoms with Crippen LogP contribution in [0.15, 0.2) is 49.6 Å². The maximum atomic E-state index is 11.9. The van der Waals surface area contributed by atoms with Gasteiger partial charge in [-0.2, -0.15) is 8.42 Å². The first kappa shape index (κ1) is 21.6. The van der Waals surface area contributed by atoms with Crippen LogP contribution in [0.1, 0.15) is 18.1 Å². The molecule has 0 aliphatic rings. The molecule has 0 saturated heterocycles. The zero-order valence-electron chi connectivity index (χ0n) is 14.8. The number of hydrogen-bond acceptors (Lipinski definition) is 4. The Morgan fingerprint density at radius 1 is 1.08 bits per heavy atom. The van der Waals surface area contributed by atoms with E-state index in [1.54, 1.807) is 17.0 Å². The molecule has 2 amide bonds. The number of carbonyl (C=O) groups is 2. The van der Waals surface area contributed by atoms with E-state index in [0.29, 0.717) is 13.1 Å². The van der Waals surface area contributed by atoms with Crippen molar-refractivity contribution in [1.29, 1.82) is 0 Å². The molecule has 1 rings (SSSR count). The lowest BCUT2D eigenvalue weighted by molar-refractivity contribution is -0.127. The summed E-state index contributed by atoms with van der Waals surface area (Å²) in [5.41, 5.74) is 1.65. The van der Waals surface area contributed by atoms with Gasteiger partial charge in [-0.25, -0.2) is 0 Å². The Morgan fingerprint density at radius 2 is 1.58 bits per heavy atom. The molecule has 0 aromatic heterocycles. The number of likely N-dealkylation sites (N-methyl/N-ethyl adjacent to an activating group) is 1. The summed E-state index contributed by atoms with van der Waals surface area (Å²) in [6.07, 6.45) is 2.35. The molecule has 0 radical (unpaired) electrons. The Kier molecular flexibility index (Phi) is 8.21. The van der Waals surface area contributed by atoms with E-state index in [-0.39, 0.29) is 19.0 Å². The minimum Gasteiger partial charge on any atom is -0.335 e. The van der Waals surface area contributed by atoms with Gasteiger partial charge in [-0.15, -0.1) is 0 Å².